The topological polar surface area (TPSA) is 71.0 Å². The van der Waals surface area contributed by atoms with Crippen molar-refractivity contribution in [3.8, 4) is 0 Å². The molecule has 0 spiro atoms. The number of hydrogen-bond acceptors (Lipinski definition) is 4. The lowest BCUT2D eigenvalue weighted by Gasteiger charge is -2.24. The van der Waals surface area contributed by atoms with Crippen molar-refractivity contribution in [1.82, 2.24) is 10.2 Å². The maximum atomic E-state index is 13.7. The predicted octanol–water partition coefficient (Wildman–Crippen LogP) is 1.90. The van der Waals surface area contributed by atoms with E-state index in [0.29, 0.717) is 24.4 Å². The van der Waals surface area contributed by atoms with Crippen LogP contribution in [0.15, 0.2) is 28.9 Å². The zero-order chi connectivity index (χ0) is 20.4. The van der Waals surface area contributed by atoms with Crippen molar-refractivity contribution in [2.24, 2.45) is 4.99 Å². The molecule has 0 amide bonds. The zero-order valence-electron chi connectivity index (χ0n) is 15.6. The van der Waals surface area contributed by atoms with Gasteiger partial charge in [0.2, 0.25) is 0 Å². The van der Waals surface area contributed by atoms with E-state index in [-0.39, 0.29) is 24.0 Å². The molecule has 1 aromatic rings. The van der Waals surface area contributed by atoms with Crippen molar-refractivity contribution < 1.29 is 23.1 Å². The normalized spacial score (nSPS) is 11.9. The molecule has 9 heteroatoms. The average Bonchev–Trinajstić information content (AvgIpc) is 2.64. The highest BCUT2D eigenvalue weighted by Gasteiger charge is 2.17. The molecule has 0 aliphatic heterocycles. The van der Waals surface area contributed by atoms with Gasteiger partial charge in [-0.15, -0.1) is 9.24 Å². The minimum absolute atomic E-state index is 0.0543. The molecule has 1 N–H and O–H groups in total. The van der Waals surface area contributed by atoms with Gasteiger partial charge in [-0.1, -0.05) is 6.92 Å². The first kappa shape index (κ1) is 22.7. The van der Waals surface area contributed by atoms with Crippen molar-refractivity contribution in [3.05, 3.63) is 41.1 Å². The Kier molecular flexibility index (Phi) is 9.58. The van der Waals surface area contributed by atoms with Gasteiger partial charge in [0.15, 0.2) is 23.9 Å². The van der Waals surface area contributed by atoms with Crippen molar-refractivity contribution in [2.45, 2.75) is 26.8 Å². The summed E-state index contributed by atoms with van der Waals surface area (Å²) in [5.74, 6) is -2.34. The summed E-state index contributed by atoms with van der Waals surface area (Å²) in [7, 11) is 3.67. The molecule has 0 bridgehead atoms. The van der Waals surface area contributed by atoms with Gasteiger partial charge in [0.05, 0.1) is 13.2 Å². The first-order chi connectivity index (χ1) is 12.9. The zero-order valence-corrected chi connectivity index (χ0v) is 16.7. The number of carbonyl (C=O) groups is 2. The fourth-order valence-electron chi connectivity index (χ4n) is 2.20. The van der Waals surface area contributed by atoms with E-state index in [0.717, 1.165) is 12.5 Å². The summed E-state index contributed by atoms with van der Waals surface area (Å²) in [6.07, 6.45) is 2.47. The Morgan fingerprint density at radius 2 is 2.07 bits per heavy atom. The van der Waals surface area contributed by atoms with Crippen LogP contribution in [0.25, 0.3) is 0 Å². The molecule has 0 saturated carbocycles. The van der Waals surface area contributed by atoms with E-state index in [1.165, 1.54) is 24.2 Å². The Balaban J connectivity index is 3.28. The van der Waals surface area contributed by atoms with Gasteiger partial charge in [-0.25, -0.2) is 13.6 Å². The second-order valence-electron chi connectivity index (χ2n) is 5.51. The Labute approximate surface area is 159 Å². The summed E-state index contributed by atoms with van der Waals surface area (Å²) in [5.41, 5.74) is 0.216. The molecule has 0 aliphatic carbocycles. The molecule has 6 nitrogen and oxygen atoms in total. The Morgan fingerprint density at radius 1 is 1.37 bits per heavy atom. The first-order valence-electron chi connectivity index (χ1n) is 8.42. The fraction of sp³-hybridized carbons (Fsp3) is 0.389. The van der Waals surface area contributed by atoms with Crippen LogP contribution in [0, 0.1) is 11.6 Å². The summed E-state index contributed by atoms with van der Waals surface area (Å²) in [6, 6.07) is 2.52. The Morgan fingerprint density at radius 3 is 2.59 bits per heavy atom. The highest BCUT2D eigenvalue weighted by Crippen LogP contribution is 2.13. The van der Waals surface area contributed by atoms with Crippen LogP contribution in [0.5, 0.6) is 0 Å². The number of esters is 1. The van der Waals surface area contributed by atoms with Crippen molar-refractivity contribution in [1.29, 1.82) is 0 Å². The number of rotatable bonds is 8. The third kappa shape index (κ3) is 6.71. The molecule has 1 atom stereocenters. The van der Waals surface area contributed by atoms with E-state index in [9.17, 15) is 18.4 Å². The number of guanidine groups is 1. The number of ether oxygens (including phenoxy) is 1. The third-order valence-corrected chi connectivity index (χ3v) is 3.84. The van der Waals surface area contributed by atoms with Crippen LogP contribution in [0.1, 0.15) is 25.8 Å². The first-order valence-corrected chi connectivity index (χ1v) is 9.00. The molecule has 27 heavy (non-hydrogen) atoms. The van der Waals surface area contributed by atoms with Crippen LogP contribution in [0.4, 0.5) is 8.78 Å². The number of hydrogen-bond donors (Lipinski definition) is 1. The molecule has 148 valence electrons. The van der Waals surface area contributed by atoms with Crippen LogP contribution in [0.2, 0.25) is 0 Å². The Hall–Kier alpha value is -2.34. The number of aliphatic imine (C=N–C) groups is 1. The standard InChI is InChI=1S/C18H24F2N3O3P/c1-4-6-22-18(21-3)23(10-13(11-24)17(25)26-5-2)9-12-7-14(19)16(20)15(27)8-12/h7-8,10-11H,4-6,9,27H2,1-3H3,(H,21,22)/b13-10+. The molecule has 0 radical (unpaired) electrons. The fourth-order valence-corrected chi connectivity index (χ4v) is 2.55. The number of halogens is 2. The number of aldehydes is 1. The number of nitrogens with zero attached hydrogens (tertiary/aromatic N) is 2. The number of nitrogens with one attached hydrogen (secondary N) is 1. The lowest BCUT2D eigenvalue weighted by molar-refractivity contribution is -0.139. The maximum absolute atomic E-state index is 13.7. The number of carbonyl (C=O) groups excluding carboxylic acids is 2. The second-order valence-corrected chi connectivity index (χ2v) is 6.13. The summed E-state index contributed by atoms with van der Waals surface area (Å²) in [6.45, 7) is 4.36. The van der Waals surface area contributed by atoms with Crippen LogP contribution >= 0.6 is 9.24 Å². The summed E-state index contributed by atoms with van der Waals surface area (Å²) < 4.78 is 32.1. The van der Waals surface area contributed by atoms with E-state index in [4.69, 9.17) is 4.74 Å². The lowest BCUT2D eigenvalue weighted by atomic mass is 10.2. The predicted molar refractivity (Wildman–Crippen MR) is 104 cm³/mol. The molecule has 0 aliphatic rings. The Bertz CT molecular complexity index is 716. The van der Waals surface area contributed by atoms with Gasteiger partial charge in [0, 0.05) is 25.1 Å². The minimum atomic E-state index is -0.987. The molecule has 0 heterocycles. The smallest absolute Gasteiger partial charge is 0.342 e. The van der Waals surface area contributed by atoms with Gasteiger partial charge in [-0.05, 0) is 31.0 Å². The quantitative estimate of drug-likeness (QED) is 0.106. The van der Waals surface area contributed by atoms with E-state index in [2.05, 4.69) is 19.5 Å². The molecule has 1 rings (SSSR count). The maximum Gasteiger partial charge on any atom is 0.342 e. The van der Waals surface area contributed by atoms with Gasteiger partial charge >= 0.3 is 5.97 Å². The highest BCUT2D eigenvalue weighted by molar-refractivity contribution is 7.27. The van der Waals surface area contributed by atoms with Crippen LogP contribution in [0.3, 0.4) is 0 Å². The third-order valence-electron chi connectivity index (χ3n) is 3.42. The van der Waals surface area contributed by atoms with Gasteiger partial charge < -0.3 is 15.0 Å². The second kappa shape index (κ2) is 11.4. The summed E-state index contributed by atoms with van der Waals surface area (Å²) >= 11 is 0. The summed E-state index contributed by atoms with van der Waals surface area (Å²) in [4.78, 5) is 28.8. The molecule has 0 aromatic heterocycles. The lowest BCUT2D eigenvalue weighted by Crippen LogP contribution is -2.39. The van der Waals surface area contributed by atoms with E-state index in [1.54, 1.807) is 6.92 Å². The molecule has 1 aromatic carbocycles. The molecule has 0 fully saturated rings. The minimum Gasteiger partial charge on any atom is -0.462 e. The SMILES string of the molecule is CCCNC(=NC)N(/C=C(\C=O)C(=O)OCC)Cc1cc(F)c(F)c(P)c1. The summed E-state index contributed by atoms with van der Waals surface area (Å²) in [5, 5.41) is 3.15. The van der Waals surface area contributed by atoms with Gasteiger partial charge in [0.25, 0.3) is 0 Å². The van der Waals surface area contributed by atoms with Gasteiger partial charge in [0.1, 0.15) is 5.57 Å². The van der Waals surface area contributed by atoms with Crippen molar-refractivity contribution in [2.75, 3.05) is 20.2 Å². The van der Waals surface area contributed by atoms with E-state index >= 15 is 0 Å². The average molecular weight is 399 g/mol. The van der Waals surface area contributed by atoms with Gasteiger partial charge in [-0.3, -0.25) is 9.79 Å². The molecular formula is C18H24F2N3O3P. The van der Waals surface area contributed by atoms with Crippen molar-refractivity contribution in [3.63, 3.8) is 0 Å². The monoisotopic (exact) mass is 399 g/mol. The van der Waals surface area contributed by atoms with E-state index < -0.39 is 17.6 Å². The highest BCUT2D eigenvalue weighted by atomic mass is 31.0. The molecule has 1 unspecified atom stereocenters. The largest absolute Gasteiger partial charge is 0.462 e. The van der Waals surface area contributed by atoms with Crippen molar-refractivity contribution >= 4 is 32.8 Å². The van der Waals surface area contributed by atoms with E-state index in [1.807, 2.05) is 6.92 Å². The number of benzene rings is 1. The molecular weight excluding hydrogens is 375 g/mol. The van der Waals surface area contributed by atoms with Gasteiger partial charge in [-0.2, -0.15) is 0 Å². The van der Waals surface area contributed by atoms with Crippen LogP contribution < -0.4 is 10.6 Å². The van der Waals surface area contributed by atoms with Crippen LogP contribution in [-0.4, -0.2) is 43.3 Å². The molecule has 0 saturated heterocycles. The van der Waals surface area contributed by atoms with Crippen LogP contribution in [-0.2, 0) is 20.9 Å².